The third-order valence-electron chi connectivity index (χ3n) is 5.55. The lowest BCUT2D eigenvalue weighted by Gasteiger charge is -2.34. The van der Waals surface area contributed by atoms with Gasteiger partial charge >= 0.3 is 0 Å². The Kier molecular flexibility index (Phi) is 10.8. The molecule has 2 heterocycles. The second kappa shape index (κ2) is 12.3. The number of halogens is 1. The maximum atomic E-state index is 12.5. The number of amides is 1. The molecule has 2 rings (SSSR count). The summed E-state index contributed by atoms with van der Waals surface area (Å²) in [4.78, 5) is 18.9. The number of piperidine rings is 1. The van der Waals surface area contributed by atoms with E-state index in [0.717, 1.165) is 74.7 Å². The molecule has 0 saturated carbocycles. The molecule has 0 radical (unpaired) electrons. The maximum Gasteiger partial charge on any atom is 0.225 e. The number of nitrogens with one attached hydrogen (secondary N) is 2. The van der Waals surface area contributed by atoms with Crippen LogP contribution in [0.25, 0.3) is 0 Å². The summed E-state index contributed by atoms with van der Waals surface area (Å²) in [6.45, 7) is 10.5. The average Bonchev–Trinajstić information content (AvgIpc) is 3.00. The van der Waals surface area contributed by atoms with Crippen LogP contribution in [0, 0.1) is 19.8 Å². The first kappa shape index (κ1) is 24.7. The number of aryl methyl sites for hydroxylation is 2. The summed E-state index contributed by atoms with van der Waals surface area (Å²) in [6.07, 6.45) is 4.61. The summed E-state index contributed by atoms with van der Waals surface area (Å²) in [6, 6.07) is 0.348. The number of likely N-dealkylation sites (tertiary alicyclic amines) is 1. The van der Waals surface area contributed by atoms with Gasteiger partial charge in [-0.1, -0.05) is 19.0 Å². The van der Waals surface area contributed by atoms with Crippen LogP contribution >= 0.6 is 24.0 Å². The highest BCUT2D eigenvalue weighted by Gasteiger charge is 2.26. The van der Waals surface area contributed by atoms with E-state index in [-0.39, 0.29) is 29.9 Å². The van der Waals surface area contributed by atoms with Crippen molar-refractivity contribution >= 4 is 35.8 Å². The molecule has 1 aromatic rings. The summed E-state index contributed by atoms with van der Waals surface area (Å²) < 4.78 is 5.21. The number of rotatable bonds is 7. The first-order valence-corrected chi connectivity index (χ1v) is 10.2. The van der Waals surface area contributed by atoms with Crippen molar-refractivity contribution in [3.63, 3.8) is 0 Å². The molecule has 0 bridgehead atoms. The number of hydrogen-bond acceptors (Lipinski definition) is 4. The minimum Gasteiger partial charge on any atom is -0.361 e. The van der Waals surface area contributed by atoms with Crippen LogP contribution in [0.1, 0.15) is 56.5 Å². The summed E-state index contributed by atoms with van der Waals surface area (Å²) in [5.41, 5.74) is 2.11. The zero-order chi connectivity index (χ0) is 19.8. The van der Waals surface area contributed by atoms with Crippen molar-refractivity contribution in [3.8, 4) is 0 Å². The van der Waals surface area contributed by atoms with Gasteiger partial charge in [0.2, 0.25) is 5.91 Å². The number of hydrogen-bond donors (Lipinski definition) is 2. The molecule has 1 aromatic heterocycles. The predicted molar refractivity (Wildman–Crippen MR) is 123 cm³/mol. The Morgan fingerprint density at radius 3 is 2.43 bits per heavy atom. The summed E-state index contributed by atoms with van der Waals surface area (Å²) in [5.74, 6) is 2.19. The van der Waals surface area contributed by atoms with Gasteiger partial charge in [-0.3, -0.25) is 9.79 Å². The van der Waals surface area contributed by atoms with Gasteiger partial charge in [-0.05, 0) is 46.0 Å². The first-order chi connectivity index (χ1) is 13.0. The number of nitrogens with zero attached hydrogens (tertiary/aromatic N) is 3. The third-order valence-corrected chi connectivity index (χ3v) is 5.55. The van der Waals surface area contributed by atoms with Crippen molar-refractivity contribution in [2.75, 3.05) is 26.7 Å². The predicted octanol–water partition coefficient (Wildman–Crippen LogP) is 3.04. The summed E-state index contributed by atoms with van der Waals surface area (Å²) in [7, 11) is 1.79. The monoisotopic (exact) mass is 505 g/mol. The Morgan fingerprint density at radius 1 is 1.29 bits per heavy atom. The van der Waals surface area contributed by atoms with Gasteiger partial charge < -0.3 is 20.1 Å². The number of carbonyl (C=O) groups excluding carboxylic acids is 1. The summed E-state index contributed by atoms with van der Waals surface area (Å²) in [5, 5.41) is 10.9. The quantitative estimate of drug-likeness (QED) is 0.338. The Labute approximate surface area is 186 Å². The largest absolute Gasteiger partial charge is 0.361 e. The third kappa shape index (κ3) is 6.63. The normalized spacial score (nSPS) is 15.5. The molecular weight excluding hydrogens is 469 g/mol. The Balaban J connectivity index is 0.00000392. The number of aliphatic imine (C=N–C) groups is 1. The molecule has 0 unspecified atom stereocenters. The number of carbonyl (C=O) groups is 1. The van der Waals surface area contributed by atoms with Crippen molar-refractivity contribution < 1.29 is 9.32 Å². The molecule has 1 aliphatic heterocycles. The molecule has 0 spiro atoms. The van der Waals surface area contributed by atoms with E-state index in [1.54, 1.807) is 7.05 Å². The lowest BCUT2D eigenvalue weighted by molar-refractivity contribution is -0.136. The van der Waals surface area contributed by atoms with Crippen LogP contribution in [0.2, 0.25) is 0 Å². The Hall–Kier alpha value is -1.32. The van der Waals surface area contributed by atoms with Gasteiger partial charge in [-0.2, -0.15) is 0 Å². The molecule has 1 amide bonds. The molecular formula is C20H36IN5O2. The Bertz CT molecular complexity index is 615. The van der Waals surface area contributed by atoms with Gasteiger partial charge in [-0.25, -0.2) is 0 Å². The van der Waals surface area contributed by atoms with Crippen molar-refractivity contribution in [1.29, 1.82) is 0 Å². The zero-order valence-corrected chi connectivity index (χ0v) is 20.2. The molecule has 1 aliphatic rings. The van der Waals surface area contributed by atoms with E-state index in [4.69, 9.17) is 4.52 Å². The van der Waals surface area contributed by atoms with Crippen molar-refractivity contribution in [1.82, 2.24) is 20.7 Å². The molecule has 7 nitrogen and oxygen atoms in total. The minimum atomic E-state index is 0. The van der Waals surface area contributed by atoms with E-state index < -0.39 is 0 Å². The van der Waals surface area contributed by atoms with Gasteiger partial charge in [0.05, 0.1) is 5.69 Å². The van der Waals surface area contributed by atoms with Crippen molar-refractivity contribution in [3.05, 3.63) is 17.0 Å². The molecule has 8 heteroatoms. The van der Waals surface area contributed by atoms with E-state index in [0.29, 0.717) is 11.9 Å². The SMILES string of the molecule is CCC(CC)C(=O)N1CCC(NC(=NC)NCCc2c(C)noc2C)CC1.I. The van der Waals surface area contributed by atoms with Gasteiger partial charge in [0.1, 0.15) is 5.76 Å². The highest BCUT2D eigenvalue weighted by Crippen LogP contribution is 2.17. The second-order valence-electron chi connectivity index (χ2n) is 7.31. The fourth-order valence-electron chi connectivity index (χ4n) is 3.69. The van der Waals surface area contributed by atoms with Crippen LogP contribution in [0.15, 0.2) is 9.52 Å². The molecule has 0 aromatic carbocycles. The smallest absolute Gasteiger partial charge is 0.225 e. The lowest BCUT2D eigenvalue weighted by atomic mass is 9.98. The van der Waals surface area contributed by atoms with E-state index in [1.807, 2.05) is 18.7 Å². The summed E-state index contributed by atoms with van der Waals surface area (Å²) >= 11 is 0. The average molecular weight is 505 g/mol. The number of aromatic nitrogens is 1. The maximum absolute atomic E-state index is 12.5. The highest BCUT2D eigenvalue weighted by atomic mass is 127. The van der Waals surface area contributed by atoms with Crippen LogP contribution in [-0.2, 0) is 11.2 Å². The Morgan fingerprint density at radius 2 is 1.93 bits per heavy atom. The standard InChI is InChI=1S/C20H35N5O2.HI/c1-6-16(7-2)19(26)25-12-9-17(10-13-25)23-20(21-5)22-11-8-18-14(3)24-27-15(18)4;/h16-17H,6-13H2,1-5H3,(H2,21,22,23);1H. The number of guanidine groups is 1. The van der Waals surface area contributed by atoms with Crippen molar-refractivity contribution in [2.24, 2.45) is 10.9 Å². The second-order valence-corrected chi connectivity index (χ2v) is 7.31. The van der Waals surface area contributed by atoms with Crippen molar-refractivity contribution in [2.45, 2.75) is 65.8 Å². The molecule has 28 heavy (non-hydrogen) atoms. The fourth-order valence-corrected chi connectivity index (χ4v) is 3.69. The van der Waals surface area contributed by atoms with Crippen LogP contribution in [-0.4, -0.2) is 54.6 Å². The van der Waals surface area contributed by atoms with E-state index in [2.05, 4.69) is 34.6 Å². The van der Waals surface area contributed by atoms with E-state index in [9.17, 15) is 4.79 Å². The van der Waals surface area contributed by atoms with Crippen LogP contribution in [0.3, 0.4) is 0 Å². The molecule has 0 aliphatic carbocycles. The molecule has 2 N–H and O–H groups in total. The topological polar surface area (TPSA) is 82.8 Å². The van der Waals surface area contributed by atoms with Gasteiger partial charge in [0.15, 0.2) is 5.96 Å². The zero-order valence-electron chi connectivity index (χ0n) is 17.9. The molecule has 1 saturated heterocycles. The minimum absolute atomic E-state index is 0. The van der Waals surface area contributed by atoms with Crippen LogP contribution in [0.5, 0.6) is 0 Å². The first-order valence-electron chi connectivity index (χ1n) is 10.2. The molecule has 160 valence electrons. The van der Waals surface area contributed by atoms with Crippen LogP contribution < -0.4 is 10.6 Å². The highest BCUT2D eigenvalue weighted by molar-refractivity contribution is 14.0. The van der Waals surface area contributed by atoms with Crippen LogP contribution in [0.4, 0.5) is 0 Å². The van der Waals surface area contributed by atoms with E-state index >= 15 is 0 Å². The lowest BCUT2D eigenvalue weighted by Crippen LogP contribution is -2.50. The van der Waals surface area contributed by atoms with Gasteiger partial charge in [0, 0.05) is 44.2 Å². The molecule has 1 fully saturated rings. The van der Waals surface area contributed by atoms with Gasteiger partial charge in [-0.15, -0.1) is 24.0 Å². The fraction of sp³-hybridized carbons (Fsp3) is 0.750. The van der Waals surface area contributed by atoms with Gasteiger partial charge in [0.25, 0.3) is 0 Å². The molecule has 0 atom stereocenters. The van der Waals surface area contributed by atoms with E-state index in [1.165, 1.54) is 0 Å².